The number of hydrogen-bond acceptors (Lipinski definition) is 2. The maximum Gasteiger partial charge on any atom is 0.330 e. The minimum absolute atomic E-state index is 0.393. The molecule has 1 aliphatic carbocycles. The Hall–Kier alpha value is -2.36. The zero-order chi connectivity index (χ0) is 14.8. The summed E-state index contributed by atoms with van der Waals surface area (Å²) in [6, 6.07) is 12.6. The Labute approximate surface area is 122 Å². The van der Waals surface area contributed by atoms with Gasteiger partial charge in [-0.15, -0.1) is 0 Å². The molecular formula is C17H16FNO2. The lowest BCUT2D eigenvalue weighted by molar-refractivity contribution is -0.138. The van der Waals surface area contributed by atoms with Gasteiger partial charge < -0.3 is 10.4 Å². The molecule has 0 saturated heterocycles. The zero-order valence-corrected chi connectivity index (χ0v) is 11.4. The Balaban J connectivity index is 1.87. The molecule has 21 heavy (non-hydrogen) atoms. The predicted octanol–water partition coefficient (Wildman–Crippen LogP) is 3.94. The molecule has 2 aromatic carbocycles. The minimum Gasteiger partial charge on any atom is -0.479 e. The van der Waals surface area contributed by atoms with Crippen LogP contribution in [0.15, 0.2) is 48.5 Å². The summed E-state index contributed by atoms with van der Waals surface area (Å²) in [7, 11) is 0. The smallest absolute Gasteiger partial charge is 0.330 e. The van der Waals surface area contributed by atoms with E-state index in [2.05, 4.69) is 5.32 Å². The number of rotatable bonds is 5. The van der Waals surface area contributed by atoms with Crippen LogP contribution < -0.4 is 5.32 Å². The highest BCUT2D eigenvalue weighted by Crippen LogP contribution is 2.40. The standard InChI is InChI=1S/C17H16FNO2/c18-14-5-2-6-15(10-14)19-16(17(20)21)13-4-1-3-12(9-13)11-7-8-11/h1-6,9-11,16,19H,7-8H2,(H,20,21). The molecule has 2 aromatic rings. The molecule has 4 heteroatoms. The SMILES string of the molecule is O=C(O)C(Nc1cccc(F)c1)c1cccc(C2CC2)c1. The highest BCUT2D eigenvalue weighted by atomic mass is 19.1. The summed E-state index contributed by atoms with van der Waals surface area (Å²) in [4.78, 5) is 11.5. The Kier molecular flexibility index (Phi) is 3.60. The number of carboxylic acid groups (broad SMARTS) is 1. The third-order valence-corrected chi connectivity index (χ3v) is 3.68. The van der Waals surface area contributed by atoms with Crippen LogP contribution in [0.5, 0.6) is 0 Å². The van der Waals surface area contributed by atoms with Crippen molar-refractivity contribution in [3.8, 4) is 0 Å². The van der Waals surface area contributed by atoms with E-state index in [4.69, 9.17) is 0 Å². The second-order valence-corrected chi connectivity index (χ2v) is 5.37. The molecule has 0 amide bonds. The first-order valence-corrected chi connectivity index (χ1v) is 6.98. The lowest BCUT2D eigenvalue weighted by Crippen LogP contribution is -2.20. The molecular weight excluding hydrogens is 269 g/mol. The topological polar surface area (TPSA) is 49.3 Å². The van der Waals surface area contributed by atoms with Gasteiger partial charge in [0, 0.05) is 5.69 Å². The number of nitrogens with one attached hydrogen (secondary N) is 1. The lowest BCUT2D eigenvalue weighted by atomic mass is 10.0. The summed E-state index contributed by atoms with van der Waals surface area (Å²) in [5.74, 6) is -0.809. The first-order chi connectivity index (χ1) is 10.1. The lowest BCUT2D eigenvalue weighted by Gasteiger charge is -2.17. The Bertz CT molecular complexity index is 667. The van der Waals surface area contributed by atoms with Crippen LogP contribution in [0.3, 0.4) is 0 Å². The van der Waals surface area contributed by atoms with Gasteiger partial charge in [0.1, 0.15) is 5.82 Å². The van der Waals surface area contributed by atoms with Crippen molar-refractivity contribution in [2.24, 2.45) is 0 Å². The third kappa shape index (κ3) is 3.21. The van der Waals surface area contributed by atoms with Gasteiger partial charge in [-0.2, -0.15) is 0 Å². The summed E-state index contributed by atoms with van der Waals surface area (Å²) in [6.07, 6.45) is 2.33. The van der Waals surface area contributed by atoms with E-state index < -0.39 is 17.8 Å². The van der Waals surface area contributed by atoms with Crippen LogP contribution in [0.4, 0.5) is 10.1 Å². The maximum atomic E-state index is 13.2. The van der Waals surface area contributed by atoms with Crippen LogP contribution in [0, 0.1) is 5.82 Å². The molecule has 1 unspecified atom stereocenters. The molecule has 3 nitrogen and oxygen atoms in total. The molecule has 1 saturated carbocycles. The average Bonchev–Trinajstić information content (AvgIpc) is 3.29. The van der Waals surface area contributed by atoms with E-state index in [1.54, 1.807) is 18.2 Å². The highest BCUT2D eigenvalue weighted by Gasteiger charge is 2.26. The van der Waals surface area contributed by atoms with E-state index in [-0.39, 0.29) is 0 Å². The fourth-order valence-corrected chi connectivity index (χ4v) is 2.44. The summed E-state index contributed by atoms with van der Waals surface area (Å²) >= 11 is 0. The van der Waals surface area contributed by atoms with Gasteiger partial charge in [-0.1, -0.05) is 30.3 Å². The van der Waals surface area contributed by atoms with Crippen LogP contribution in [-0.2, 0) is 4.79 Å². The molecule has 0 radical (unpaired) electrons. The first kappa shape index (κ1) is 13.6. The minimum atomic E-state index is -0.979. The van der Waals surface area contributed by atoms with Crippen LogP contribution in [0.1, 0.15) is 35.9 Å². The second-order valence-electron chi connectivity index (χ2n) is 5.37. The molecule has 108 valence electrons. The maximum absolute atomic E-state index is 13.2. The van der Waals surface area contributed by atoms with E-state index in [0.29, 0.717) is 17.2 Å². The van der Waals surface area contributed by atoms with Gasteiger partial charge in [-0.25, -0.2) is 9.18 Å². The number of halogens is 1. The van der Waals surface area contributed by atoms with Gasteiger partial charge in [-0.05, 0) is 48.1 Å². The quantitative estimate of drug-likeness (QED) is 0.874. The molecule has 3 rings (SSSR count). The first-order valence-electron chi connectivity index (χ1n) is 6.98. The van der Waals surface area contributed by atoms with Crippen LogP contribution in [-0.4, -0.2) is 11.1 Å². The van der Waals surface area contributed by atoms with Gasteiger partial charge in [0.15, 0.2) is 6.04 Å². The van der Waals surface area contributed by atoms with Gasteiger partial charge in [0.25, 0.3) is 0 Å². The van der Waals surface area contributed by atoms with E-state index in [9.17, 15) is 14.3 Å². The Morgan fingerprint density at radius 2 is 1.95 bits per heavy atom. The van der Waals surface area contributed by atoms with Crippen molar-refractivity contribution in [1.82, 2.24) is 0 Å². The van der Waals surface area contributed by atoms with Crippen LogP contribution >= 0.6 is 0 Å². The van der Waals surface area contributed by atoms with E-state index in [1.807, 2.05) is 18.2 Å². The van der Waals surface area contributed by atoms with Crippen molar-refractivity contribution in [1.29, 1.82) is 0 Å². The summed E-state index contributed by atoms with van der Waals surface area (Å²) in [5.41, 5.74) is 2.33. The van der Waals surface area contributed by atoms with Gasteiger partial charge in [0.05, 0.1) is 0 Å². The number of carbonyl (C=O) groups is 1. The molecule has 0 bridgehead atoms. The van der Waals surface area contributed by atoms with Gasteiger partial charge in [0.2, 0.25) is 0 Å². The third-order valence-electron chi connectivity index (χ3n) is 3.68. The normalized spacial score (nSPS) is 15.5. The fraction of sp³-hybridized carbons (Fsp3) is 0.235. The number of hydrogen-bond donors (Lipinski definition) is 2. The second kappa shape index (κ2) is 5.56. The monoisotopic (exact) mass is 285 g/mol. The summed E-state index contributed by atoms with van der Waals surface area (Å²) < 4.78 is 13.2. The van der Waals surface area contributed by atoms with Crippen molar-refractivity contribution in [3.05, 3.63) is 65.5 Å². The van der Waals surface area contributed by atoms with Gasteiger partial charge in [-0.3, -0.25) is 0 Å². The molecule has 1 fully saturated rings. The summed E-state index contributed by atoms with van der Waals surface area (Å²) in [6.45, 7) is 0. The fourth-order valence-electron chi connectivity index (χ4n) is 2.44. The molecule has 1 aliphatic rings. The van der Waals surface area contributed by atoms with Crippen molar-refractivity contribution in [2.75, 3.05) is 5.32 Å². The van der Waals surface area contributed by atoms with E-state index in [1.165, 1.54) is 30.5 Å². The van der Waals surface area contributed by atoms with E-state index in [0.717, 1.165) is 0 Å². The Morgan fingerprint density at radius 1 is 1.19 bits per heavy atom. The Morgan fingerprint density at radius 3 is 2.62 bits per heavy atom. The number of aliphatic carboxylic acids is 1. The average molecular weight is 285 g/mol. The van der Waals surface area contributed by atoms with Crippen molar-refractivity contribution >= 4 is 11.7 Å². The van der Waals surface area contributed by atoms with Crippen molar-refractivity contribution in [3.63, 3.8) is 0 Å². The number of benzene rings is 2. The van der Waals surface area contributed by atoms with Crippen molar-refractivity contribution < 1.29 is 14.3 Å². The number of anilines is 1. The molecule has 0 heterocycles. The van der Waals surface area contributed by atoms with Gasteiger partial charge >= 0.3 is 5.97 Å². The van der Waals surface area contributed by atoms with E-state index >= 15 is 0 Å². The van der Waals surface area contributed by atoms with Crippen LogP contribution in [0.25, 0.3) is 0 Å². The molecule has 0 spiro atoms. The number of carboxylic acids is 1. The zero-order valence-electron chi connectivity index (χ0n) is 11.4. The highest BCUT2D eigenvalue weighted by molar-refractivity contribution is 5.79. The molecule has 0 aromatic heterocycles. The largest absolute Gasteiger partial charge is 0.479 e. The molecule has 1 atom stereocenters. The van der Waals surface area contributed by atoms with Crippen molar-refractivity contribution in [2.45, 2.75) is 24.8 Å². The van der Waals surface area contributed by atoms with Crippen LogP contribution in [0.2, 0.25) is 0 Å². The predicted molar refractivity (Wildman–Crippen MR) is 78.8 cm³/mol. The summed E-state index contributed by atoms with van der Waals surface area (Å²) in [5, 5.41) is 12.3. The molecule has 2 N–H and O–H groups in total. The molecule has 0 aliphatic heterocycles.